The summed E-state index contributed by atoms with van der Waals surface area (Å²) in [6.07, 6.45) is 0. The van der Waals surface area contributed by atoms with E-state index in [0.29, 0.717) is 22.1 Å². The van der Waals surface area contributed by atoms with E-state index in [2.05, 4.69) is 4.98 Å². The minimum absolute atomic E-state index is 0.166. The molecule has 0 aliphatic carbocycles. The molecule has 1 aromatic carbocycles. The SMILES string of the molecule is COc1ccc(C(=O)N(C)c2nc(C(=O)N(C)C(C)(C)C)cs2)cc1. The van der Waals surface area contributed by atoms with Crippen LogP contribution in [0.1, 0.15) is 41.6 Å². The fourth-order valence-electron chi connectivity index (χ4n) is 2.01. The predicted octanol–water partition coefficient (Wildman–Crippen LogP) is 3.30. The van der Waals surface area contributed by atoms with Gasteiger partial charge in [-0.1, -0.05) is 0 Å². The van der Waals surface area contributed by atoms with E-state index in [1.165, 1.54) is 16.2 Å². The number of methoxy groups -OCH3 is 1. The van der Waals surface area contributed by atoms with Gasteiger partial charge in [0, 0.05) is 30.6 Å². The number of thiazole rings is 1. The lowest BCUT2D eigenvalue weighted by Crippen LogP contribution is -2.42. The number of benzene rings is 1. The largest absolute Gasteiger partial charge is 0.497 e. The first kappa shape index (κ1) is 18.9. The topological polar surface area (TPSA) is 62.7 Å². The minimum Gasteiger partial charge on any atom is -0.497 e. The molecule has 0 aliphatic heterocycles. The fourth-order valence-corrected chi connectivity index (χ4v) is 2.77. The van der Waals surface area contributed by atoms with Crippen molar-refractivity contribution in [3.63, 3.8) is 0 Å². The lowest BCUT2D eigenvalue weighted by Gasteiger charge is -2.31. The maximum Gasteiger partial charge on any atom is 0.273 e. The first-order valence-corrected chi connectivity index (χ1v) is 8.69. The van der Waals surface area contributed by atoms with Crippen LogP contribution in [0.4, 0.5) is 5.13 Å². The number of nitrogens with zero attached hydrogens (tertiary/aromatic N) is 3. The Labute approximate surface area is 152 Å². The highest BCUT2D eigenvalue weighted by Crippen LogP contribution is 2.24. The molecule has 0 saturated heterocycles. The van der Waals surface area contributed by atoms with Gasteiger partial charge in [0.1, 0.15) is 11.4 Å². The molecule has 0 saturated carbocycles. The van der Waals surface area contributed by atoms with E-state index >= 15 is 0 Å². The molecule has 0 N–H and O–H groups in total. The van der Waals surface area contributed by atoms with Gasteiger partial charge >= 0.3 is 0 Å². The predicted molar refractivity (Wildman–Crippen MR) is 99.7 cm³/mol. The Hall–Kier alpha value is -2.41. The molecule has 1 heterocycles. The summed E-state index contributed by atoms with van der Waals surface area (Å²) in [5.41, 5.74) is 0.566. The Bertz CT molecular complexity index is 763. The summed E-state index contributed by atoms with van der Waals surface area (Å²) >= 11 is 1.27. The summed E-state index contributed by atoms with van der Waals surface area (Å²) in [6, 6.07) is 6.86. The van der Waals surface area contributed by atoms with Crippen molar-refractivity contribution in [2.24, 2.45) is 0 Å². The standard InChI is InChI=1S/C18H23N3O3S/c1-18(2,3)21(5)16(23)14-11-25-17(19-14)20(4)15(22)12-7-9-13(24-6)10-8-12/h7-11H,1-6H3. The number of amides is 2. The van der Waals surface area contributed by atoms with E-state index in [0.717, 1.165) is 0 Å². The lowest BCUT2D eigenvalue weighted by atomic mass is 10.1. The number of anilines is 1. The Morgan fingerprint density at radius 1 is 1.08 bits per heavy atom. The van der Waals surface area contributed by atoms with Gasteiger partial charge in [0.15, 0.2) is 5.13 Å². The average molecular weight is 361 g/mol. The van der Waals surface area contributed by atoms with Crippen LogP contribution in [0.5, 0.6) is 5.75 Å². The molecule has 1 aromatic heterocycles. The molecule has 7 heteroatoms. The lowest BCUT2D eigenvalue weighted by molar-refractivity contribution is 0.0650. The van der Waals surface area contributed by atoms with E-state index in [9.17, 15) is 9.59 Å². The molecular weight excluding hydrogens is 338 g/mol. The molecule has 0 bridgehead atoms. The van der Waals surface area contributed by atoms with Crippen LogP contribution in [0.2, 0.25) is 0 Å². The first-order chi connectivity index (χ1) is 11.6. The van der Waals surface area contributed by atoms with Crippen LogP contribution in [-0.4, -0.2) is 48.4 Å². The number of hydrogen-bond acceptors (Lipinski definition) is 5. The normalized spacial score (nSPS) is 11.1. The number of carbonyl (C=O) groups excluding carboxylic acids is 2. The van der Waals surface area contributed by atoms with Crippen LogP contribution in [0, 0.1) is 0 Å². The van der Waals surface area contributed by atoms with Gasteiger partial charge < -0.3 is 9.64 Å². The molecule has 0 unspecified atom stereocenters. The summed E-state index contributed by atoms with van der Waals surface area (Å²) in [4.78, 5) is 32.5. The van der Waals surface area contributed by atoms with Crippen LogP contribution in [-0.2, 0) is 0 Å². The molecule has 6 nitrogen and oxygen atoms in total. The molecule has 0 radical (unpaired) electrons. The number of carbonyl (C=O) groups is 2. The van der Waals surface area contributed by atoms with Crippen LogP contribution in [0.25, 0.3) is 0 Å². The Morgan fingerprint density at radius 2 is 1.68 bits per heavy atom. The zero-order valence-electron chi connectivity index (χ0n) is 15.4. The highest BCUT2D eigenvalue weighted by Gasteiger charge is 2.26. The van der Waals surface area contributed by atoms with Crippen molar-refractivity contribution in [1.29, 1.82) is 0 Å². The molecule has 0 atom stereocenters. The molecule has 134 valence electrons. The van der Waals surface area contributed by atoms with Gasteiger partial charge in [-0.15, -0.1) is 11.3 Å². The van der Waals surface area contributed by atoms with E-state index in [1.807, 2.05) is 20.8 Å². The van der Waals surface area contributed by atoms with Crippen molar-refractivity contribution in [1.82, 2.24) is 9.88 Å². The Morgan fingerprint density at radius 3 is 2.20 bits per heavy atom. The third-order valence-electron chi connectivity index (χ3n) is 3.95. The zero-order chi connectivity index (χ0) is 18.8. The van der Waals surface area contributed by atoms with Crippen LogP contribution in [0.3, 0.4) is 0 Å². The van der Waals surface area contributed by atoms with E-state index in [1.54, 1.807) is 55.8 Å². The van der Waals surface area contributed by atoms with Crippen LogP contribution >= 0.6 is 11.3 Å². The monoisotopic (exact) mass is 361 g/mol. The van der Waals surface area contributed by atoms with Gasteiger partial charge in [0.2, 0.25) is 0 Å². The Balaban J connectivity index is 2.17. The molecule has 2 aromatic rings. The summed E-state index contributed by atoms with van der Waals surface area (Å²) in [5, 5.41) is 2.16. The third-order valence-corrected chi connectivity index (χ3v) is 4.87. The number of ether oxygens (including phenoxy) is 1. The molecule has 0 aliphatic rings. The second-order valence-corrected chi connectivity index (χ2v) is 7.48. The van der Waals surface area contributed by atoms with Crippen molar-refractivity contribution in [3.8, 4) is 5.75 Å². The number of aromatic nitrogens is 1. The maximum absolute atomic E-state index is 12.6. The summed E-state index contributed by atoms with van der Waals surface area (Å²) in [7, 11) is 4.96. The highest BCUT2D eigenvalue weighted by molar-refractivity contribution is 7.14. The maximum atomic E-state index is 12.6. The molecular formula is C18H23N3O3S. The first-order valence-electron chi connectivity index (χ1n) is 7.81. The summed E-state index contributed by atoms with van der Waals surface area (Å²) < 4.78 is 5.10. The molecule has 0 spiro atoms. The molecule has 2 rings (SSSR count). The Kier molecular flexibility index (Phi) is 5.47. The smallest absolute Gasteiger partial charge is 0.273 e. The van der Waals surface area contributed by atoms with Gasteiger partial charge in [-0.05, 0) is 45.0 Å². The van der Waals surface area contributed by atoms with Gasteiger partial charge in [0.25, 0.3) is 11.8 Å². The van der Waals surface area contributed by atoms with Gasteiger partial charge in [-0.3, -0.25) is 14.5 Å². The second-order valence-electron chi connectivity index (χ2n) is 6.64. The average Bonchev–Trinajstić information content (AvgIpc) is 3.08. The molecule has 2 amide bonds. The quantitative estimate of drug-likeness (QED) is 0.838. The number of rotatable bonds is 4. The fraction of sp³-hybridized carbons (Fsp3) is 0.389. The summed E-state index contributed by atoms with van der Waals surface area (Å²) in [6.45, 7) is 5.87. The highest BCUT2D eigenvalue weighted by atomic mass is 32.1. The zero-order valence-corrected chi connectivity index (χ0v) is 16.2. The van der Waals surface area contributed by atoms with Gasteiger partial charge in [-0.25, -0.2) is 4.98 Å². The van der Waals surface area contributed by atoms with Crippen molar-refractivity contribution in [3.05, 3.63) is 40.9 Å². The van der Waals surface area contributed by atoms with Crippen LogP contribution < -0.4 is 9.64 Å². The van der Waals surface area contributed by atoms with Crippen molar-refractivity contribution < 1.29 is 14.3 Å². The second kappa shape index (κ2) is 7.23. The van der Waals surface area contributed by atoms with Crippen LogP contribution in [0.15, 0.2) is 29.6 Å². The number of hydrogen-bond donors (Lipinski definition) is 0. The minimum atomic E-state index is -0.300. The third kappa shape index (κ3) is 4.17. The van der Waals surface area contributed by atoms with E-state index in [4.69, 9.17) is 4.74 Å². The van der Waals surface area contributed by atoms with Gasteiger partial charge in [-0.2, -0.15) is 0 Å². The molecule has 25 heavy (non-hydrogen) atoms. The molecule has 0 fully saturated rings. The van der Waals surface area contributed by atoms with Crippen molar-refractivity contribution in [2.75, 3.05) is 26.1 Å². The van der Waals surface area contributed by atoms with E-state index < -0.39 is 0 Å². The van der Waals surface area contributed by atoms with Crippen molar-refractivity contribution >= 4 is 28.3 Å². The van der Waals surface area contributed by atoms with Crippen molar-refractivity contribution in [2.45, 2.75) is 26.3 Å². The summed E-state index contributed by atoms with van der Waals surface area (Å²) in [5.74, 6) is 0.326. The van der Waals surface area contributed by atoms with E-state index in [-0.39, 0.29) is 17.4 Å². The van der Waals surface area contributed by atoms with Gasteiger partial charge in [0.05, 0.1) is 7.11 Å².